The van der Waals surface area contributed by atoms with Crippen LogP contribution in [0.4, 0.5) is 4.39 Å². The average Bonchev–Trinajstić information content (AvgIpc) is 3.16. The molecule has 0 spiro atoms. The van der Waals surface area contributed by atoms with Crippen LogP contribution in [0.5, 0.6) is 5.75 Å². The number of hydrogen-bond acceptors (Lipinski definition) is 4. The van der Waals surface area contributed by atoms with Gasteiger partial charge in [-0.25, -0.2) is 9.07 Å². The summed E-state index contributed by atoms with van der Waals surface area (Å²) in [5.41, 5.74) is 1.65. The number of carbonyl (C=O) groups is 1. The van der Waals surface area contributed by atoms with Crippen LogP contribution in [0.25, 0.3) is 0 Å². The lowest BCUT2D eigenvalue weighted by atomic mass is 10.1. The molecule has 0 unspecified atom stereocenters. The summed E-state index contributed by atoms with van der Waals surface area (Å²) in [6.07, 6.45) is 1.53. The molecule has 7 heteroatoms. The summed E-state index contributed by atoms with van der Waals surface area (Å²) in [6.45, 7) is 2.14. The highest BCUT2D eigenvalue weighted by Crippen LogP contribution is 2.24. The SMILES string of the molecule is COc1cccc([C@H](C)N(C)C(=O)c2cn(Cc3ccccc3F)nn2)c1. The monoisotopic (exact) mass is 368 g/mol. The van der Waals surface area contributed by atoms with Crippen molar-refractivity contribution in [3.63, 3.8) is 0 Å². The number of carbonyl (C=O) groups excluding carboxylic acids is 1. The minimum atomic E-state index is -0.315. The van der Waals surface area contributed by atoms with Crippen LogP contribution >= 0.6 is 0 Å². The molecule has 0 aliphatic carbocycles. The third-order valence-electron chi connectivity index (χ3n) is 4.53. The van der Waals surface area contributed by atoms with Gasteiger partial charge in [-0.1, -0.05) is 35.5 Å². The van der Waals surface area contributed by atoms with Crippen molar-refractivity contribution in [3.05, 3.63) is 77.4 Å². The lowest BCUT2D eigenvalue weighted by molar-refractivity contribution is 0.0736. The highest BCUT2D eigenvalue weighted by molar-refractivity contribution is 5.92. The third kappa shape index (κ3) is 4.13. The first kappa shape index (κ1) is 18.6. The van der Waals surface area contributed by atoms with Crippen molar-refractivity contribution < 1.29 is 13.9 Å². The van der Waals surface area contributed by atoms with Crippen molar-refractivity contribution in [3.8, 4) is 5.75 Å². The van der Waals surface area contributed by atoms with Gasteiger partial charge in [0.2, 0.25) is 0 Å². The van der Waals surface area contributed by atoms with Crippen molar-refractivity contribution in [2.24, 2.45) is 0 Å². The standard InChI is InChI=1S/C20H21FN4O2/c1-14(15-8-6-9-17(11-15)27-3)24(2)20(26)19-13-25(23-22-19)12-16-7-4-5-10-18(16)21/h4-11,13-14H,12H2,1-3H3/t14-/m0/s1. The molecule has 0 N–H and O–H groups in total. The Morgan fingerprint density at radius 3 is 2.78 bits per heavy atom. The second-order valence-corrected chi connectivity index (χ2v) is 6.26. The number of nitrogens with zero attached hydrogens (tertiary/aromatic N) is 4. The van der Waals surface area contributed by atoms with E-state index in [-0.39, 0.29) is 30.0 Å². The number of aromatic nitrogens is 3. The minimum absolute atomic E-state index is 0.177. The molecule has 6 nitrogen and oxygen atoms in total. The summed E-state index contributed by atoms with van der Waals surface area (Å²) in [5.74, 6) is 0.158. The Hall–Kier alpha value is -3.22. The molecule has 1 atom stereocenters. The molecule has 2 aromatic carbocycles. The van der Waals surface area contributed by atoms with Gasteiger partial charge in [0, 0.05) is 12.6 Å². The Balaban J connectivity index is 1.73. The molecular formula is C20H21FN4O2. The summed E-state index contributed by atoms with van der Waals surface area (Å²) >= 11 is 0. The van der Waals surface area contributed by atoms with E-state index in [2.05, 4.69) is 10.3 Å². The summed E-state index contributed by atoms with van der Waals surface area (Å²) < 4.78 is 20.5. The van der Waals surface area contributed by atoms with E-state index in [1.54, 1.807) is 37.3 Å². The van der Waals surface area contributed by atoms with Crippen LogP contribution in [-0.2, 0) is 6.54 Å². The molecule has 0 aliphatic heterocycles. The molecule has 1 heterocycles. The first-order valence-corrected chi connectivity index (χ1v) is 8.54. The van der Waals surface area contributed by atoms with Gasteiger partial charge in [0.25, 0.3) is 5.91 Å². The molecular weight excluding hydrogens is 347 g/mol. The first-order chi connectivity index (χ1) is 13.0. The van der Waals surface area contributed by atoms with E-state index in [0.717, 1.165) is 11.3 Å². The number of hydrogen-bond donors (Lipinski definition) is 0. The molecule has 140 valence electrons. The molecule has 1 aromatic heterocycles. The van der Waals surface area contributed by atoms with Crippen molar-refractivity contribution in [2.45, 2.75) is 19.5 Å². The number of amides is 1. The van der Waals surface area contributed by atoms with Crippen molar-refractivity contribution in [1.82, 2.24) is 19.9 Å². The van der Waals surface area contributed by atoms with Crippen molar-refractivity contribution in [1.29, 1.82) is 0 Å². The van der Waals surface area contributed by atoms with Crippen LogP contribution in [0.3, 0.4) is 0 Å². The summed E-state index contributed by atoms with van der Waals surface area (Å²) in [6, 6.07) is 13.8. The van der Waals surface area contributed by atoms with Crippen LogP contribution in [0.1, 0.15) is 34.6 Å². The van der Waals surface area contributed by atoms with Gasteiger partial charge in [-0.15, -0.1) is 5.10 Å². The maximum atomic E-state index is 13.8. The van der Waals surface area contributed by atoms with E-state index in [9.17, 15) is 9.18 Å². The molecule has 0 bridgehead atoms. The Labute approximate surface area is 157 Å². The number of rotatable bonds is 6. The lowest BCUT2D eigenvalue weighted by Crippen LogP contribution is -2.30. The molecule has 0 saturated heterocycles. The molecule has 3 rings (SSSR count). The molecule has 0 fully saturated rings. The summed E-state index contributed by atoms with van der Waals surface area (Å²) in [5, 5.41) is 7.90. The van der Waals surface area contributed by atoms with Crippen LogP contribution < -0.4 is 4.74 Å². The summed E-state index contributed by atoms with van der Waals surface area (Å²) in [4.78, 5) is 14.3. The maximum absolute atomic E-state index is 13.8. The Morgan fingerprint density at radius 1 is 1.26 bits per heavy atom. The van der Waals surface area contributed by atoms with Crippen LogP contribution in [0.2, 0.25) is 0 Å². The fourth-order valence-electron chi connectivity index (χ4n) is 2.76. The normalized spacial score (nSPS) is 11.9. The number of benzene rings is 2. The second kappa shape index (κ2) is 7.99. The molecule has 27 heavy (non-hydrogen) atoms. The van der Waals surface area contributed by atoms with E-state index >= 15 is 0 Å². The van der Waals surface area contributed by atoms with Gasteiger partial charge in [-0.3, -0.25) is 4.79 Å². The van der Waals surface area contributed by atoms with E-state index in [0.29, 0.717) is 5.56 Å². The predicted molar refractivity (Wildman–Crippen MR) is 99.0 cm³/mol. The summed E-state index contributed by atoms with van der Waals surface area (Å²) in [7, 11) is 3.31. The highest BCUT2D eigenvalue weighted by Gasteiger charge is 2.22. The quantitative estimate of drug-likeness (QED) is 0.670. The molecule has 1 amide bonds. The smallest absolute Gasteiger partial charge is 0.276 e. The zero-order chi connectivity index (χ0) is 19.4. The van der Waals surface area contributed by atoms with Gasteiger partial charge >= 0.3 is 0 Å². The third-order valence-corrected chi connectivity index (χ3v) is 4.53. The lowest BCUT2D eigenvalue weighted by Gasteiger charge is -2.24. The topological polar surface area (TPSA) is 60.2 Å². The van der Waals surface area contributed by atoms with Crippen molar-refractivity contribution in [2.75, 3.05) is 14.2 Å². The molecule has 0 radical (unpaired) electrons. The molecule has 0 aliphatic rings. The van der Waals surface area contributed by atoms with Crippen LogP contribution in [0, 0.1) is 5.82 Å². The van der Waals surface area contributed by atoms with Crippen LogP contribution in [-0.4, -0.2) is 40.0 Å². The molecule has 3 aromatic rings. The van der Waals surface area contributed by atoms with Gasteiger partial charge in [0.1, 0.15) is 11.6 Å². The number of ether oxygens (including phenoxy) is 1. The zero-order valence-electron chi connectivity index (χ0n) is 15.5. The Kier molecular flexibility index (Phi) is 5.49. The van der Waals surface area contributed by atoms with Gasteiger partial charge in [0.05, 0.1) is 25.9 Å². The van der Waals surface area contributed by atoms with E-state index in [1.165, 1.54) is 16.9 Å². The first-order valence-electron chi connectivity index (χ1n) is 8.54. The predicted octanol–water partition coefficient (Wildman–Crippen LogP) is 3.31. The fourth-order valence-corrected chi connectivity index (χ4v) is 2.76. The minimum Gasteiger partial charge on any atom is -0.497 e. The Bertz CT molecular complexity index is 941. The average molecular weight is 368 g/mol. The van der Waals surface area contributed by atoms with Gasteiger partial charge < -0.3 is 9.64 Å². The van der Waals surface area contributed by atoms with Gasteiger partial charge in [0.15, 0.2) is 5.69 Å². The zero-order valence-corrected chi connectivity index (χ0v) is 15.5. The largest absolute Gasteiger partial charge is 0.497 e. The molecule has 0 saturated carbocycles. The maximum Gasteiger partial charge on any atom is 0.276 e. The Morgan fingerprint density at radius 2 is 2.04 bits per heavy atom. The van der Waals surface area contributed by atoms with E-state index < -0.39 is 0 Å². The van der Waals surface area contributed by atoms with Crippen molar-refractivity contribution >= 4 is 5.91 Å². The van der Waals surface area contributed by atoms with Crippen LogP contribution in [0.15, 0.2) is 54.7 Å². The van der Waals surface area contributed by atoms with E-state index in [1.807, 2.05) is 31.2 Å². The van der Waals surface area contributed by atoms with Gasteiger partial charge in [-0.05, 0) is 30.7 Å². The van der Waals surface area contributed by atoms with Gasteiger partial charge in [-0.2, -0.15) is 0 Å². The number of halogens is 1. The highest BCUT2D eigenvalue weighted by atomic mass is 19.1. The fraction of sp³-hybridized carbons (Fsp3) is 0.250. The number of methoxy groups -OCH3 is 1. The second-order valence-electron chi connectivity index (χ2n) is 6.26. The van der Waals surface area contributed by atoms with E-state index in [4.69, 9.17) is 4.74 Å².